The van der Waals surface area contributed by atoms with Gasteiger partial charge in [0.1, 0.15) is 0 Å². The maximum Gasteiger partial charge on any atom is 0.224 e. The Bertz CT molecular complexity index is 728. The molecule has 5 nitrogen and oxygen atoms in total. The number of aliphatic hydroxyl groups excluding tert-OH is 1. The van der Waals surface area contributed by atoms with Crippen LogP contribution in [0, 0.1) is 0 Å². The van der Waals surface area contributed by atoms with E-state index in [1.54, 1.807) is 0 Å². The van der Waals surface area contributed by atoms with Gasteiger partial charge in [-0.3, -0.25) is 9.69 Å². The number of piperazine rings is 2. The molecule has 1 amide bonds. The van der Waals surface area contributed by atoms with E-state index in [2.05, 4.69) is 70.9 Å². The number of amides is 1. The molecule has 0 radical (unpaired) electrons. The van der Waals surface area contributed by atoms with Gasteiger partial charge in [-0.1, -0.05) is 60.7 Å². The summed E-state index contributed by atoms with van der Waals surface area (Å²) in [4.78, 5) is 16.8. The molecule has 2 heterocycles. The number of benzene rings is 2. The largest absolute Gasteiger partial charge is 0.396 e. The predicted molar refractivity (Wildman–Crippen MR) is 110 cm³/mol. The van der Waals surface area contributed by atoms with Crippen LogP contribution >= 0.6 is 0 Å². The van der Waals surface area contributed by atoms with Gasteiger partial charge in [0.25, 0.3) is 0 Å². The number of carbonyl (C=O) groups excluding carboxylic acids is 1. The molecule has 2 fully saturated rings. The number of nitrogens with one attached hydrogen (secondary N) is 1. The third kappa shape index (κ3) is 3.97. The first-order valence-electron chi connectivity index (χ1n) is 10.2. The van der Waals surface area contributed by atoms with Crippen LogP contribution in [-0.2, 0) is 4.79 Å². The van der Waals surface area contributed by atoms with Gasteiger partial charge >= 0.3 is 0 Å². The molecule has 4 rings (SSSR count). The van der Waals surface area contributed by atoms with Gasteiger partial charge in [0.2, 0.25) is 5.91 Å². The van der Waals surface area contributed by atoms with Crippen LogP contribution in [-0.4, -0.2) is 72.2 Å². The average molecular weight is 380 g/mol. The van der Waals surface area contributed by atoms with Crippen LogP contribution in [0.1, 0.15) is 23.5 Å². The Morgan fingerprint density at radius 3 is 2.25 bits per heavy atom. The maximum atomic E-state index is 12.3. The molecule has 2 atom stereocenters. The van der Waals surface area contributed by atoms with E-state index in [4.69, 9.17) is 5.11 Å². The van der Waals surface area contributed by atoms with Crippen molar-refractivity contribution in [1.29, 1.82) is 0 Å². The van der Waals surface area contributed by atoms with Crippen molar-refractivity contribution in [3.63, 3.8) is 0 Å². The van der Waals surface area contributed by atoms with Crippen LogP contribution < -0.4 is 5.32 Å². The lowest BCUT2D eigenvalue weighted by Crippen LogP contribution is -2.66. The molecule has 2 aromatic carbocycles. The van der Waals surface area contributed by atoms with Crippen molar-refractivity contribution in [1.82, 2.24) is 15.1 Å². The van der Waals surface area contributed by atoms with E-state index in [1.807, 2.05) is 4.90 Å². The molecule has 2 saturated heterocycles. The Morgan fingerprint density at radius 1 is 1.00 bits per heavy atom. The normalized spacial score (nSPS) is 22.9. The topological polar surface area (TPSA) is 55.8 Å². The molecular weight excluding hydrogens is 350 g/mol. The van der Waals surface area contributed by atoms with Crippen LogP contribution in [0.2, 0.25) is 0 Å². The smallest absolute Gasteiger partial charge is 0.224 e. The fraction of sp³-hybridized carbons (Fsp3) is 0.435. The summed E-state index contributed by atoms with van der Waals surface area (Å²) in [5.41, 5.74) is 2.67. The van der Waals surface area contributed by atoms with E-state index in [0.29, 0.717) is 12.1 Å². The summed E-state index contributed by atoms with van der Waals surface area (Å²) < 4.78 is 0. The molecule has 5 heteroatoms. The molecule has 0 spiro atoms. The number of hydrogen-bond acceptors (Lipinski definition) is 4. The highest BCUT2D eigenvalue weighted by Gasteiger charge is 2.40. The Labute approximate surface area is 167 Å². The molecule has 0 aromatic heterocycles. The van der Waals surface area contributed by atoms with Crippen LogP contribution in [0.5, 0.6) is 0 Å². The van der Waals surface area contributed by atoms with E-state index in [1.165, 1.54) is 11.1 Å². The summed E-state index contributed by atoms with van der Waals surface area (Å²) in [5.74, 6) is 0.351. The third-order valence-electron chi connectivity index (χ3n) is 6.07. The summed E-state index contributed by atoms with van der Waals surface area (Å²) in [5, 5.41) is 12.7. The first-order valence-corrected chi connectivity index (χ1v) is 10.2. The van der Waals surface area contributed by atoms with E-state index in [9.17, 15) is 4.79 Å². The van der Waals surface area contributed by atoms with E-state index >= 15 is 0 Å². The highest BCUT2D eigenvalue weighted by Crippen LogP contribution is 2.33. The van der Waals surface area contributed by atoms with Gasteiger partial charge in [0.15, 0.2) is 0 Å². The Balaban J connectivity index is 1.60. The number of aliphatic hydroxyl groups is 1. The van der Waals surface area contributed by atoms with Crippen molar-refractivity contribution >= 4 is 5.91 Å². The summed E-state index contributed by atoms with van der Waals surface area (Å²) in [6.07, 6.45) is 0.222. The summed E-state index contributed by atoms with van der Waals surface area (Å²) in [6.45, 7) is 4.12. The zero-order valence-corrected chi connectivity index (χ0v) is 16.2. The Morgan fingerprint density at radius 2 is 1.64 bits per heavy atom. The van der Waals surface area contributed by atoms with Gasteiger partial charge in [-0.25, -0.2) is 0 Å². The second-order valence-corrected chi connectivity index (χ2v) is 7.73. The molecule has 0 unspecified atom stereocenters. The highest BCUT2D eigenvalue weighted by molar-refractivity contribution is 5.76. The molecular formula is C23H29N3O2. The molecule has 2 aliphatic heterocycles. The number of rotatable bonds is 5. The van der Waals surface area contributed by atoms with Crippen LogP contribution in [0.3, 0.4) is 0 Å². The summed E-state index contributed by atoms with van der Waals surface area (Å²) in [7, 11) is 0. The molecule has 0 aliphatic carbocycles. The van der Waals surface area contributed by atoms with Gasteiger partial charge in [0.05, 0.1) is 6.61 Å². The average Bonchev–Trinajstić information content (AvgIpc) is 2.75. The Kier molecular flexibility index (Phi) is 6.05. The Hall–Kier alpha value is -2.21. The maximum absolute atomic E-state index is 12.3. The van der Waals surface area contributed by atoms with Crippen molar-refractivity contribution in [2.45, 2.75) is 24.4 Å². The first-order chi connectivity index (χ1) is 13.8. The van der Waals surface area contributed by atoms with E-state index in [0.717, 1.165) is 32.7 Å². The molecule has 2 aliphatic rings. The van der Waals surface area contributed by atoms with Crippen molar-refractivity contribution in [2.75, 3.05) is 39.3 Å². The van der Waals surface area contributed by atoms with Crippen molar-refractivity contribution in [3.05, 3.63) is 71.8 Å². The standard InChI is InChI=1S/C23H29N3O2/c27-14-11-22(28)25-12-13-26-20(17-25)15-24-16-21(26)23(18-7-3-1-4-8-18)19-9-5-2-6-10-19/h1-10,20-21,23-24,27H,11-17H2/t20-,21-/m0/s1. The van der Waals surface area contributed by atoms with E-state index < -0.39 is 0 Å². The van der Waals surface area contributed by atoms with Crippen LogP contribution in [0.25, 0.3) is 0 Å². The molecule has 2 N–H and O–H groups in total. The SMILES string of the molecule is O=C(CCO)N1CCN2[C@@H](CNC[C@H]2C(c2ccccc2)c2ccccc2)C1. The number of fused-ring (bicyclic) bond motifs is 1. The van der Waals surface area contributed by atoms with Crippen LogP contribution in [0.15, 0.2) is 60.7 Å². The number of nitrogens with zero attached hydrogens (tertiary/aromatic N) is 2. The van der Waals surface area contributed by atoms with Crippen molar-refractivity contribution in [3.8, 4) is 0 Å². The third-order valence-corrected chi connectivity index (χ3v) is 6.07. The van der Waals surface area contributed by atoms with Crippen molar-refractivity contribution < 1.29 is 9.90 Å². The van der Waals surface area contributed by atoms with Crippen LogP contribution in [0.4, 0.5) is 0 Å². The minimum atomic E-state index is -0.0747. The summed E-state index contributed by atoms with van der Waals surface area (Å²) >= 11 is 0. The minimum absolute atomic E-state index is 0.0620. The summed E-state index contributed by atoms with van der Waals surface area (Å²) in [6, 6.07) is 22.2. The van der Waals surface area contributed by atoms with Gasteiger partial charge in [0, 0.05) is 57.1 Å². The van der Waals surface area contributed by atoms with Gasteiger partial charge in [-0.05, 0) is 11.1 Å². The quantitative estimate of drug-likeness (QED) is 0.830. The monoisotopic (exact) mass is 379 g/mol. The van der Waals surface area contributed by atoms with E-state index in [-0.39, 0.29) is 24.9 Å². The second-order valence-electron chi connectivity index (χ2n) is 7.73. The molecule has 2 aromatic rings. The second kappa shape index (κ2) is 8.86. The lowest BCUT2D eigenvalue weighted by Gasteiger charge is -2.50. The first kappa shape index (κ1) is 19.1. The number of carbonyl (C=O) groups is 1. The zero-order valence-electron chi connectivity index (χ0n) is 16.2. The highest BCUT2D eigenvalue weighted by atomic mass is 16.3. The lowest BCUT2D eigenvalue weighted by atomic mass is 9.82. The van der Waals surface area contributed by atoms with Crippen molar-refractivity contribution in [2.24, 2.45) is 0 Å². The molecule has 28 heavy (non-hydrogen) atoms. The number of hydrogen-bond donors (Lipinski definition) is 2. The molecule has 0 saturated carbocycles. The fourth-order valence-corrected chi connectivity index (χ4v) is 4.75. The predicted octanol–water partition coefficient (Wildman–Crippen LogP) is 1.69. The van der Waals surface area contributed by atoms with Gasteiger partial charge < -0.3 is 15.3 Å². The minimum Gasteiger partial charge on any atom is -0.396 e. The van der Waals surface area contributed by atoms with Gasteiger partial charge in [-0.15, -0.1) is 0 Å². The zero-order chi connectivity index (χ0) is 19.3. The lowest BCUT2D eigenvalue weighted by molar-refractivity contribution is -0.136. The molecule has 0 bridgehead atoms. The van der Waals surface area contributed by atoms with Gasteiger partial charge in [-0.2, -0.15) is 0 Å². The molecule has 148 valence electrons. The fourth-order valence-electron chi connectivity index (χ4n) is 4.75.